The lowest BCUT2D eigenvalue weighted by molar-refractivity contribution is -0.385. The summed E-state index contributed by atoms with van der Waals surface area (Å²) >= 11 is 0. The fourth-order valence-electron chi connectivity index (χ4n) is 3.92. The molecule has 0 spiro atoms. The predicted octanol–water partition coefficient (Wildman–Crippen LogP) is 1.44. The molecule has 122 valence electrons. The largest absolute Gasteiger partial charge is 0.502 e. The molecule has 4 atom stereocenters. The molecular formula is C16H13N3O5. The SMILES string of the molecule is O=C1C2C3C=CC(C3)C2C(=O)N1/N=C/c1cccc([N+](=O)[O-])c1O. The molecular weight excluding hydrogens is 314 g/mol. The number of carbonyl (C=O) groups excluding carboxylic acids is 2. The Balaban J connectivity index is 1.62. The number of carbonyl (C=O) groups is 2. The number of para-hydroxylation sites is 1. The van der Waals surface area contributed by atoms with E-state index in [1.54, 1.807) is 0 Å². The van der Waals surface area contributed by atoms with Gasteiger partial charge in [0, 0.05) is 11.6 Å². The van der Waals surface area contributed by atoms with Crippen LogP contribution in [0.15, 0.2) is 35.5 Å². The number of rotatable bonds is 3. The van der Waals surface area contributed by atoms with Crippen molar-refractivity contribution in [3.05, 3.63) is 46.0 Å². The molecule has 1 heterocycles. The zero-order chi connectivity index (χ0) is 17.0. The molecule has 4 rings (SSSR count). The van der Waals surface area contributed by atoms with E-state index in [4.69, 9.17) is 0 Å². The van der Waals surface area contributed by atoms with Crippen molar-refractivity contribution >= 4 is 23.7 Å². The average Bonchev–Trinajstić information content (AvgIpc) is 3.22. The van der Waals surface area contributed by atoms with Gasteiger partial charge in [0.15, 0.2) is 0 Å². The molecule has 1 aromatic rings. The first-order valence-electron chi connectivity index (χ1n) is 7.55. The number of allylic oxidation sites excluding steroid dienone is 2. The van der Waals surface area contributed by atoms with Crippen molar-refractivity contribution < 1.29 is 19.6 Å². The van der Waals surface area contributed by atoms with Crippen LogP contribution in [0.4, 0.5) is 5.69 Å². The van der Waals surface area contributed by atoms with Gasteiger partial charge in [-0.3, -0.25) is 19.7 Å². The van der Waals surface area contributed by atoms with Crippen LogP contribution in [0.1, 0.15) is 12.0 Å². The normalized spacial score (nSPS) is 30.6. The number of hydrazone groups is 1. The van der Waals surface area contributed by atoms with Gasteiger partial charge in [0.05, 0.1) is 23.0 Å². The number of nitrogens with zero attached hydrogens (tertiary/aromatic N) is 3. The van der Waals surface area contributed by atoms with Crippen LogP contribution in [0.5, 0.6) is 5.75 Å². The van der Waals surface area contributed by atoms with Gasteiger partial charge in [0.2, 0.25) is 5.75 Å². The molecule has 1 aromatic carbocycles. The van der Waals surface area contributed by atoms with Crippen LogP contribution < -0.4 is 0 Å². The molecule has 8 nitrogen and oxygen atoms in total. The average molecular weight is 327 g/mol. The quantitative estimate of drug-likeness (QED) is 0.297. The third-order valence-corrected chi connectivity index (χ3v) is 5.00. The summed E-state index contributed by atoms with van der Waals surface area (Å²) in [5, 5.41) is 25.4. The van der Waals surface area contributed by atoms with E-state index in [2.05, 4.69) is 5.10 Å². The molecule has 1 aliphatic heterocycles. The number of phenols is 1. The van der Waals surface area contributed by atoms with Crippen molar-refractivity contribution in [2.24, 2.45) is 28.8 Å². The highest BCUT2D eigenvalue weighted by Crippen LogP contribution is 2.52. The van der Waals surface area contributed by atoms with Crippen LogP contribution in [0.3, 0.4) is 0 Å². The predicted molar refractivity (Wildman–Crippen MR) is 81.9 cm³/mol. The highest BCUT2D eigenvalue weighted by molar-refractivity contribution is 6.07. The summed E-state index contributed by atoms with van der Waals surface area (Å²) in [6.45, 7) is 0. The van der Waals surface area contributed by atoms with Gasteiger partial charge in [-0.2, -0.15) is 10.1 Å². The first kappa shape index (κ1) is 14.6. The summed E-state index contributed by atoms with van der Waals surface area (Å²) in [7, 11) is 0. The number of hydrogen-bond donors (Lipinski definition) is 1. The van der Waals surface area contributed by atoms with Crippen LogP contribution in [0.25, 0.3) is 0 Å². The Morgan fingerprint density at radius 3 is 2.42 bits per heavy atom. The topological polar surface area (TPSA) is 113 Å². The molecule has 2 fully saturated rings. The van der Waals surface area contributed by atoms with E-state index in [9.17, 15) is 24.8 Å². The second-order valence-corrected chi connectivity index (χ2v) is 6.20. The smallest absolute Gasteiger partial charge is 0.311 e. The third kappa shape index (κ3) is 1.89. The summed E-state index contributed by atoms with van der Waals surface area (Å²) in [6, 6.07) is 3.97. The van der Waals surface area contributed by atoms with Gasteiger partial charge in [-0.15, -0.1) is 0 Å². The fraction of sp³-hybridized carbons (Fsp3) is 0.312. The summed E-state index contributed by atoms with van der Waals surface area (Å²) in [4.78, 5) is 35.0. The zero-order valence-electron chi connectivity index (χ0n) is 12.4. The molecule has 8 heteroatoms. The van der Waals surface area contributed by atoms with E-state index < -0.39 is 16.4 Å². The number of nitro benzene ring substituents is 1. The molecule has 1 saturated carbocycles. The van der Waals surface area contributed by atoms with E-state index in [0.717, 1.165) is 23.7 Å². The molecule has 1 N–H and O–H groups in total. The lowest BCUT2D eigenvalue weighted by atomic mass is 9.85. The van der Waals surface area contributed by atoms with Crippen LogP contribution in [0, 0.1) is 33.8 Å². The van der Waals surface area contributed by atoms with Crippen molar-refractivity contribution in [2.45, 2.75) is 6.42 Å². The van der Waals surface area contributed by atoms with E-state index >= 15 is 0 Å². The summed E-state index contributed by atoms with van der Waals surface area (Å²) < 4.78 is 0. The van der Waals surface area contributed by atoms with Crippen LogP contribution in [0.2, 0.25) is 0 Å². The number of hydrogen-bond acceptors (Lipinski definition) is 6. The molecule has 3 aliphatic rings. The van der Waals surface area contributed by atoms with Crippen molar-refractivity contribution in [2.75, 3.05) is 0 Å². The summed E-state index contributed by atoms with van der Waals surface area (Å²) in [5.74, 6) is -1.78. The summed E-state index contributed by atoms with van der Waals surface area (Å²) in [6.07, 6.45) is 5.90. The maximum Gasteiger partial charge on any atom is 0.311 e. The number of benzene rings is 1. The maximum absolute atomic E-state index is 12.5. The lowest BCUT2D eigenvalue weighted by Crippen LogP contribution is -2.28. The Hall–Kier alpha value is -3.03. The van der Waals surface area contributed by atoms with E-state index in [-0.39, 0.29) is 41.0 Å². The molecule has 2 aliphatic carbocycles. The minimum absolute atomic E-state index is 0.0722. The van der Waals surface area contributed by atoms with Gasteiger partial charge in [0.1, 0.15) is 0 Å². The summed E-state index contributed by atoms with van der Waals surface area (Å²) in [5.41, 5.74) is -0.389. The number of aromatic hydroxyl groups is 1. The molecule has 0 aromatic heterocycles. The van der Waals surface area contributed by atoms with E-state index in [0.29, 0.717) is 0 Å². The highest BCUT2D eigenvalue weighted by Gasteiger charge is 2.59. The first-order chi connectivity index (χ1) is 11.5. The standard InChI is InChI=1S/C16H13N3O5/c20-14-10(2-1-3-11(14)19(23)24)7-17-18-15(21)12-8-4-5-9(6-8)13(12)16(18)22/h1-5,7-9,12-13,20H,6H2/b17-7+. The van der Waals surface area contributed by atoms with Gasteiger partial charge < -0.3 is 5.11 Å². The Morgan fingerprint density at radius 2 is 1.83 bits per heavy atom. The maximum atomic E-state index is 12.5. The second-order valence-electron chi connectivity index (χ2n) is 6.20. The number of imide groups is 1. The molecule has 2 amide bonds. The molecule has 2 bridgehead atoms. The van der Waals surface area contributed by atoms with Gasteiger partial charge in [-0.1, -0.05) is 18.2 Å². The van der Waals surface area contributed by atoms with Gasteiger partial charge in [0.25, 0.3) is 11.8 Å². The highest BCUT2D eigenvalue weighted by atomic mass is 16.6. The minimum atomic E-state index is -0.716. The van der Waals surface area contributed by atoms with Crippen molar-refractivity contribution in [3.63, 3.8) is 0 Å². The number of amides is 2. The van der Waals surface area contributed by atoms with Crippen molar-refractivity contribution in [3.8, 4) is 5.75 Å². The molecule has 1 saturated heterocycles. The zero-order valence-corrected chi connectivity index (χ0v) is 12.4. The first-order valence-corrected chi connectivity index (χ1v) is 7.55. The van der Waals surface area contributed by atoms with Gasteiger partial charge in [-0.05, 0) is 24.3 Å². The van der Waals surface area contributed by atoms with Gasteiger partial charge in [-0.25, -0.2) is 0 Å². The van der Waals surface area contributed by atoms with E-state index in [1.807, 2.05) is 12.2 Å². The van der Waals surface area contributed by atoms with Gasteiger partial charge >= 0.3 is 5.69 Å². The van der Waals surface area contributed by atoms with E-state index in [1.165, 1.54) is 12.1 Å². The second kappa shape index (κ2) is 4.98. The Kier molecular flexibility index (Phi) is 3.02. The van der Waals surface area contributed by atoms with Crippen LogP contribution >= 0.6 is 0 Å². The van der Waals surface area contributed by atoms with Crippen LogP contribution in [-0.4, -0.2) is 33.1 Å². The Labute approximate surface area is 136 Å². The number of phenolic OH excluding ortho intramolecular Hbond substituents is 1. The van der Waals surface area contributed by atoms with Crippen LogP contribution in [-0.2, 0) is 9.59 Å². The minimum Gasteiger partial charge on any atom is -0.502 e. The lowest BCUT2D eigenvalue weighted by Gasteiger charge is -2.13. The molecule has 24 heavy (non-hydrogen) atoms. The number of nitro groups is 1. The third-order valence-electron chi connectivity index (χ3n) is 5.00. The molecule has 4 unspecified atom stereocenters. The fourth-order valence-corrected chi connectivity index (χ4v) is 3.92. The molecule has 0 radical (unpaired) electrons. The monoisotopic (exact) mass is 327 g/mol. The Bertz CT molecular complexity index is 801. The Morgan fingerprint density at radius 1 is 1.21 bits per heavy atom. The number of fused-ring (bicyclic) bond motifs is 5. The van der Waals surface area contributed by atoms with Crippen molar-refractivity contribution in [1.82, 2.24) is 5.01 Å². The van der Waals surface area contributed by atoms with Crippen molar-refractivity contribution in [1.29, 1.82) is 0 Å².